The summed E-state index contributed by atoms with van der Waals surface area (Å²) in [5.74, 6) is -0.441. The predicted molar refractivity (Wildman–Crippen MR) is 404 cm³/mol. The molecule has 0 aliphatic heterocycles. The van der Waals surface area contributed by atoms with E-state index in [0.717, 1.165) is 70.8 Å². The highest BCUT2D eigenvalue weighted by atomic mass is 79.9. The molecule has 10 aromatic rings. The molecule has 0 saturated carbocycles. The SMILES string of the molecule is COc1ccc(Br)cc1S(=O)(=O)Nc1ccccc1NS(=O)(=O)c1cc(Cl)c(Cl)s1.CS(=O)(=O)Nc1ccccc1NS(=O)(=O)c1ccc(Cl)s1.Cc1cc(S(=O)(=O)Nc2ccccc2NS(C)(=O)=O)ccc1Cl.O=S(=O)(Nc1ccccc1NS(=O)(=O)c1ccc(Cl)s1)c1ccc(F)cc1. The number of para-hydroxylation sites is 8. The van der Waals surface area contributed by atoms with Crippen LogP contribution in [0.1, 0.15) is 5.56 Å². The van der Waals surface area contributed by atoms with Gasteiger partial charge in [0.15, 0.2) is 0 Å². The molecule has 43 heteroatoms. The second-order valence-corrected chi connectivity index (χ2v) is 41.1. The fraction of sp³-hybridized carbons (Fsp3) is 0.0690. The number of methoxy groups -OCH3 is 1. The molecule has 0 atom stereocenters. The first-order valence-electron chi connectivity index (χ1n) is 27.3. The summed E-state index contributed by atoms with van der Waals surface area (Å²) < 4.78 is 234. The van der Waals surface area contributed by atoms with Crippen LogP contribution in [0, 0.1) is 12.7 Å². The summed E-state index contributed by atoms with van der Waals surface area (Å²) in [6, 6.07) is 44.0. The maximum absolute atomic E-state index is 13.0. The van der Waals surface area contributed by atoms with Crippen LogP contribution >= 0.6 is 108 Å². The van der Waals surface area contributed by atoms with Crippen molar-refractivity contribution in [2.45, 2.75) is 34.2 Å². The Morgan fingerprint density at radius 3 is 1.05 bits per heavy atom. The maximum Gasteiger partial charge on any atom is 0.271 e. The van der Waals surface area contributed by atoms with Crippen LogP contribution in [0.5, 0.6) is 5.75 Å². The summed E-state index contributed by atoms with van der Waals surface area (Å²) in [5, 5.41) is 0.570. The van der Waals surface area contributed by atoms with Crippen molar-refractivity contribution in [3.05, 3.63) is 227 Å². The van der Waals surface area contributed by atoms with Crippen molar-refractivity contribution in [3.63, 3.8) is 0 Å². The van der Waals surface area contributed by atoms with E-state index in [2.05, 4.69) is 53.7 Å². The van der Waals surface area contributed by atoms with Crippen molar-refractivity contribution in [1.82, 2.24) is 0 Å². The molecule has 0 unspecified atom stereocenters. The minimum Gasteiger partial charge on any atom is -0.495 e. The van der Waals surface area contributed by atoms with E-state index in [4.69, 9.17) is 62.7 Å². The standard InChI is InChI=1S/C17H13BrCl2N2O5S3.C16H12ClFN2O4S3.C14H15ClN2O4S2.C11H11ClN2O4S3/c1-27-14-7-6-10(18)8-15(14)29(23,24)21-12-4-2-3-5-13(12)22-30(25,26)16-9-11(19)17(20)28-16;17-15-9-10-16(25-15)27(23,24)20-14-4-2-1-3-13(14)19-26(21,22)12-7-5-11(18)6-8-12;1-10-9-11(7-8-12(10)15)23(20,21)17-14-6-4-3-5-13(14)16-22(2,18)19;1-20(15,16)13-8-4-2-3-5-9(8)14-21(17,18)11-7-6-10(12)19-11/h2-9,21-22H,1H3;1-10,19-20H;3-9,16-17H,1-2H3;2-7,13-14H,1H3. The lowest BCUT2D eigenvalue weighted by molar-refractivity contribution is 0.402. The molecule has 3 aromatic heterocycles. The molecule has 0 spiro atoms. The van der Waals surface area contributed by atoms with Gasteiger partial charge in [0.05, 0.1) is 88.6 Å². The van der Waals surface area contributed by atoms with Gasteiger partial charge >= 0.3 is 0 Å². The molecule has 0 fully saturated rings. The lowest BCUT2D eigenvalue weighted by Gasteiger charge is -2.15. The molecule has 3 heterocycles. The summed E-state index contributed by atoms with van der Waals surface area (Å²) in [7, 11) is -29.5. The van der Waals surface area contributed by atoms with E-state index in [1.807, 2.05) is 0 Å². The van der Waals surface area contributed by atoms with Gasteiger partial charge in [-0.3, -0.25) is 37.8 Å². The van der Waals surface area contributed by atoms with E-state index in [1.165, 1.54) is 116 Å². The fourth-order valence-corrected chi connectivity index (χ4v) is 21.2. The van der Waals surface area contributed by atoms with Gasteiger partial charge in [-0.15, -0.1) is 34.0 Å². The normalized spacial score (nSPS) is 12.0. The van der Waals surface area contributed by atoms with Gasteiger partial charge in [-0.2, -0.15) is 0 Å². The first-order valence-corrected chi connectivity index (χ1v) is 45.1. The lowest BCUT2D eigenvalue weighted by Crippen LogP contribution is -2.17. The number of hydrogen-bond donors (Lipinski definition) is 8. The average molecular weight is 1760 g/mol. The number of halogens is 7. The monoisotopic (exact) mass is 1760 g/mol. The van der Waals surface area contributed by atoms with Crippen molar-refractivity contribution >= 4 is 234 Å². The van der Waals surface area contributed by atoms with Gasteiger partial charge in [0.1, 0.15) is 33.4 Å². The van der Waals surface area contributed by atoms with E-state index < -0.39 is 86.0 Å². The second-order valence-electron chi connectivity index (χ2n) is 20.0. The third-order valence-electron chi connectivity index (χ3n) is 12.3. The Bertz CT molecular complexity index is 5650. The highest BCUT2D eigenvalue weighted by Crippen LogP contribution is 2.38. The fourth-order valence-electron chi connectivity index (χ4n) is 7.84. The van der Waals surface area contributed by atoms with Crippen molar-refractivity contribution in [1.29, 1.82) is 0 Å². The Morgan fingerprint density at radius 2 is 0.713 bits per heavy atom. The highest BCUT2D eigenvalue weighted by Gasteiger charge is 2.27. The van der Waals surface area contributed by atoms with Gasteiger partial charge in [0, 0.05) is 9.50 Å². The smallest absolute Gasteiger partial charge is 0.271 e. The minimum absolute atomic E-state index is 0.0105. The van der Waals surface area contributed by atoms with Gasteiger partial charge in [-0.25, -0.2) is 71.7 Å². The maximum atomic E-state index is 13.0. The summed E-state index contributed by atoms with van der Waals surface area (Å²) >= 11 is 34.9. The molecule has 0 amide bonds. The summed E-state index contributed by atoms with van der Waals surface area (Å²) in [4.78, 5) is -0.242. The number of hydrogen-bond acceptors (Lipinski definition) is 20. The Balaban J connectivity index is 0.000000191. The zero-order valence-corrected chi connectivity index (χ0v) is 65.8. The molecule has 101 heavy (non-hydrogen) atoms. The molecule has 0 aliphatic carbocycles. The Morgan fingerprint density at radius 1 is 0.366 bits per heavy atom. The molecule has 540 valence electrons. The molecule has 10 rings (SSSR count). The van der Waals surface area contributed by atoms with Crippen molar-refractivity contribution in [2.24, 2.45) is 0 Å². The molecule has 0 radical (unpaired) electrons. The number of rotatable bonds is 23. The van der Waals surface area contributed by atoms with Crippen LogP contribution in [0.3, 0.4) is 0 Å². The number of aryl methyl sites for hydroxylation is 1. The summed E-state index contributed by atoms with van der Waals surface area (Å²) in [6.07, 6.45) is 1.97. The first-order chi connectivity index (χ1) is 47.0. The molecular weight excluding hydrogens is 1710 g/mol. The van der Waals surface area contributed by atoms with Crippen molar-refractivity contribution in [2.75, 3.05) is 57.4 Å². The van der Waals surface area contributed by atoms with E-state index >= 15 is 0 Å². The summed E-state index contributed by atoms with van der Waals surface area (Å²) in [6.45, 7) is 1.69. The zero-order valence-electron chi connectivity index (χ0n) is 51.5. The largest absolute Gasteiger partial charge is 0.495 e. The number of anilines is 8. The van der Waals surface area contributed by atoms with Crippen LogP contribution in [0.25, 0.3) is 0 Å². The van der Waals surface area contributed by atoms with Gasteiger partial charge in [0.2, 0.25) is 20.0 Å². The van der Waals surface area contributed by atoms with Gasteiger partial charge in [0.25, 0.3) is 60.1 Å². The number of benzene rings is 7. The zero-order chi connectivity index (χ0) is 74.7. The molecule has 7 aromatic carbocycles. The van der Waals surface area contributed by atoms with Gasteiger partial charge in [-0.1, -0.05) is 122 Å². The van der Waals surface area contributed by atoms with E-state index in [1.54, 1.807) is 61.5 Å². The average Bonchev–Trinajstić information content (AvgIpc) is 1.59. The van der Waals surface area contributed by atoms with Crippen LogP contribution < -0.4 is 42.5 Å². The van der Waals surface area contributed by atoms with Crippen molar-refractivity contribution < 1.29 is 76.5 Å². The van der Waals surface area contributed by atoms with E-state index in [9.17, 15) is 71.7 Å². The van der Waals surface area contributed by atoms with Gasteiger partial charge in [-0.05, 0) is 152 Å². The van der Waals surface area contributed by atoms with E-state index in [0.29, 0.717) is 23.7 Å². The number of nitrogens with one attached hydrogen (secondary N) is 8. The van der Waals surface area contributed by atoms with Crippen LogP contribution in [0.15, 0.2) is 220 Å². The third kappa shape index (κ3) is 23.7. The van der Waals surface area contributed by atoms with Crippen LogP contribution in [0.4, 0.5) is 49.9 Å². The predicted octanol–water partition coefficient (Wildman–Crippen LogP) is 15.0. The van der Waals surface area contributed by atoms with E-state index in [-0.39, 0.29) is 87.9 Å². The number of sulfonamides is 8. The molecule has 0 bridgehead atoms. The molecule has 8 N–H and O–H groups in total. The van der Waals surface area contributed by atoms with Crippen LogP contribution in [-0.4, -0.2) is 87.0 Å². The topological polar surface area (TPSA) is 379 Å². The van der Waals surface area contributed by atoms with Crippen LogP contribution in [-0.2, 0) is 80.2 Å². The molecule has 25 nitrogen and oxygen atoms in total. The summed E-state index contributed by atoms with van der Waals surface area (Å²) in [5.41, 5.74) is 1.28. The highest BCUT2D eigenvalue weighted by molar-refractivity contribution is 9.10. The minimum atomic E-state index is -4.10. The van der Waals surface area contributed by atoms with Gasteiger partial charge < -0.3 is 4.74 Å². The number of thiophene rings is 3. The quantitative estimate of drug-likeness (QED) is 0.0295. The Kier molecular flexibility index (Phi) is 27.3. The molecular formula is C58H51BrCl5FN8O17S11. The second kappa shape index (κ2) is 33.8. The van der Waals surface area contributed by atoms with Crippen LogP contribution in [0.2, 0.25) is 23.1 Å². The Hall–Kier alpha value is -6.70. The molecule has 0 aliphatic rings. The first kappa shape index (κ1) is 81.6. The Labute approximate surface area is 627 Å². The number of ether oxygens (including phenoxy) is 1. The third-order valence-corrected chi connectivity index (χ3v) is 28.4. The molecule has 0 saturated heterocycles. The van der Waals surface area contributed by atoms with Crippen molar-refractivity contribution in [3.8, 4) is 5.75 Å². The lowest BCUT2D eigenvalue weighted by atomic mass is 10.2.